The van der Waals surface area contributed by atoms with Gasteiger partial charge in [-0.1, -0.05) is 54.6 Å². The molecule has 0 saturated carbocycles. The molecule has 0 radical (unpaired) electrons. The molecule has 1 N–H and O–H groups in total. The number of sulfone groups is 1. The van der Waals surface area contributed by atoms with Gasteiger partial charge < -0.3 is 10.1 Å². The molecule has 1 aliphatic heterocycles. The molecule has 3 aromatic carbocycles. The Morgan fingerprint density at radius 2 is 1.45 bits per heavy atom. The predicted molar refractivity (Wildman–Crippen MR) is 121 cm³/mol. The van der Waals surface area contributed by atoms with Gasteiger partial charge in [-0.2, -0.15) is 0 Å². The molecule has 0 aliphatic carbocycles. The molecule has 31 heavy (non-hydrogen) atoms. The molecular formula is C24H24N2O4S. The van der Waals surface area contributed by atoms with Crippen molar-refractivity contribution in [3.8, 4) is 11.5 Å². The number of rotatable bonds is 6. The highest BCUT2D eigenvalue weighted by molar-refractivity contribution is 7.91. The molecule has 0 aromatic heterocycles. The third-order valence-corrected chi connectivity index (χ3v) is 6.80. The summed E-state index contributed by atoms with van der Waals surface area (Å²) in [6.07, 6.45) is 0. The Hall–Kier alpha value is -3.16. The Labute approximate surface area is 182 Å². The van der Waals surface area contributed by atoms with Crippen molar-refractivity contribution in [2.24, 2.45) is 0 Å². The van der Waals surface area contributed by atoms with Crippen LogP contribution in [-0.4, -0.2) is 43.8 Å². The first-order valence-electron chi connectivity index (χ1n) is 10.1. The molecule has 6 nitrogen and oxygen atoms in total. The fraction of sp³-hybridized carbons (Fsp3) is 0.208. The second-order valence-electron chi connectivity index (χ2n) is 7.43. The molecule has 1 atom stereocenters. The average molecular weight is 437 g/mol. The van der Waals surface area contributed by atoms with Crippen LogP contribution in [0.1, 0.15) is 11.6 Å². The van der Waals surface area contributed by atoms with Gasteiger partial charge in [-0.25, -0.2) is 8.42 Å². The highest BCUT2D eigenvalue weighted by Crippen LogP contribution is 2.27. The summed E-state index contributed by atoms with van der Waals surface area (Å²) in [5, 5.41) is 2.97. The number of amides is 1. The third-order valence-electron chi connectivity index (χ3n) is 5.19. The number of hydrogen-bond donors (Lipinski definition) is 1. The number of carbonyl (C=O) groups is 1. The lowest BCUT2D eigenvalue weighted by molar-refractivity contribution is -0.121. The summed E-state index contributed by atoms with van der Waals surface area (Å²) in [5.41, 5.74) is 1.44. The largest absolute Gasteiger partial charge is 0.457 e. The van der Waals surface area contributed by atoms with Crippen LogP contribution < -0.4 is 10.1 Å². The zero-order chi connectivity index (χ0) is 21.7. The number of nitrogens with zero attached hydrogens (tertiary/aromatic N) is 1. The van der Waals surface area contributed by atoms with E-state index in [2.05, 4.69) is 5.32 Å². The Balaban J connectivity index is 1.53. The molecule has 1 aliphatic rings. The van der Waals surface area contributed by atoms with E-state index in [4.69, 9.17) is 4.74 Å². The van der Waals surface area contributed by atoms with E-state index < -0.39 is 15.9 Å². The van der Waals surface area contributed by atoms with E-state index in [1.165, 1.54) is 0 Å². The number of carbonyl (C=O) groups excluding carboxylic acids is 1. The molecule has 7 heteroatoms. The van der Waals surface area contributed by atoms with Gasteiger partial charge in [0, 0.05) is 24.8 Å². The lowest BCUT2D eigenvalue weighted by atomic mass is 10.0. The fourth-order valence-electron chi connectivity index (χ4n) is 3.62. The lowest BCUT2D eigenvalue weighted by Gasteiger charge is -2.33. The first-order chi connectivity index (χ1) is 15.0. The highest BCUT2D eigenvalue weighted by atomic mass is 32.2. The number of hydrogen-bond acceptors (Lipinski definition) is 5. The minimum atomic E-state index is -3.04. The molecule has 0 bridgehead atoms. The van der Waals surface area contributed by atoms with Crippen LogP contribution in [0.15, 0.2) is 84.9 Å². The van der Waals surface area contributed by atoms with Crippen LogP contribution in [0.2, 0.25) is 0 Å². The summed E-state index contributed by atoms with van der Waals surface area (Å²) in [5.74, 6) is 1.24. The molecule has 1 fully saturated rings. The second-order valence-corrected chi connectivity index (χ2v) is 9.74. The Morgan fingerprint density at radius 1 is 0.839 bits per heavy atom. The Bertz CT molecular complexity index is 1120. The number of benzene rings is 3. The normalized spacial score (nSPS) is 16.9. The monoisotopic (exact) mass is 436 g/mol. The van der Waals surface area contributed by atoms with Crippen LogP contribution in [0.25, 0.3) is 0 Å². The van der Waals surface area contributed by atoms with Crippen LogP contribution in [-0.2, 0) is 14.6 Å². The first kappa shape index (κ1) is 21.1. The zero-order valence-corrected chi connectivity index (χ0v) is 17.8. The number of ether oxygens (including phenoxy) is 1. The van der Waals surface area contributed by atoms with Crippen molar-refractivity contribution >= 4 is 21.4 Å². The van der Waals surface area contributed by atoms with Gasteiger partial charge in [0.25, 0.3) is 0 Å². The molecule has 1 amide bonds. The van der Waals surface area contributed by atoms with Crippen LogP contribution in [0.5, 0.6) is 11.5 Å². The van der Waals surface area contributed by atoms with E-state index in [0.717, 1.165) is 5.56 Å². The Kier molecular flexibility index (Phi) is 6.34. The van der Waals surface area contributed by atoms with Crippen LogP contribution >= 0.6 is 0 Å². The quantitative estimate of drug-likeness (QED) is 0.635. The van der Waals surface area contributed by atoms with Gasteiger partial charge >= 0.3 is 0 Å². The summed E-state index contributed by atoms with van der Waals surface area (Å²) < 4.78 is 29.6. The van der Waals surface area contributed by atoms with Gasteiger partial charge in [-0.3, -0.25) is 9.69 Å². The van der Waals surface area contributed by atoms with Crippen LogP contribution in [0.4, 0.5) is 5.69 Å². The summed E-state index contributed by atoms with van der Waals surface area (Å²) in [6, 6.07) is 25.5. The topological polar surface area (TPSA) is 75.7 Å². The summed E-state index contributed by atoms with van der Waals surface area (Å²) in [6.45, 7) is 0.652. The van der Waals surface area contributed by atoms with Crippen LogP contribution in [0.3, 0.4) is 0 Å². The van der Waals surface area contributed by atoms with E-state index in [0.29, 0.717) is 30.3 Å². The summed E-state index contributed by atoms with van der Waals surface area (Å²) in [4.78, 5) is 15.2. The molecule has 1 saturated heterocycles. The third kappa shape index (κ3) is 5.51. The predicted octanol–water partition coefficient (Wildman–Crippen LogP) is 3.89. The van der Waals surface area contributed by atoms with Crippen molar-refractivity contribution in [1.82, 2.24) is 4.90 Å². The van der Waals surface area contributed by atoms with E-state index in [-0.39, 0.29) is 17.4 Å². The average Bonchev–Trinajstić information content (AvgIpc) is 2.77. The number of para-hydroxylation sites is 1. The minimum Gasteiger partial charge on any atom is -0.457 e. The maximum Gasteiger partial charge on any atom is 0.246 e. The van der Waals surface area contributed by atoms with E-state index in [1.807, 2.05) is 77.7 Å². The smallest absolute Gasteiger partial charge is 0.246 e. The van der Waals surface area contributed by atoms with Gasteiger partial charge in [0.05, 0.1) is 11.5 Å². The fourth-order valence-corrected chi connectivity index (χ4v) is 4.85. The standard InChI is InChI=1S/C24H24N2O4S/c27-24(25-20-10-7-13-22(18-20)30-21-11-5-2-6-12-21)23(19-8-3-1-4-9-19)26-14-16-31(28,29)17-15-26/h1-13,18,23H,14-17H2,(H,25,27)/t23-/m1/s1. The molecule has 4 rings (SSSR count). The zero-order valence-electron chi connectivity index (χ0n) is 17.0. The Morgan fingerprint density at radius 3 is 2.13 bits per heavy atom. The van der Waals surface area contributed by atoms with Gasteiger partial charge in [0.1, 0.15) is 17.5 Å². The number of anilines is 1. The van der Waals surface area contributed by atoms with Crippen molar-refractivity contribution in [2.45, 2.75) is 6.04 Å². The van der Waals surface area contributed by atoms with Crippen LogP contribution in [0, 0.1) is 0 Å². The molecular weight excluding hydrogens is 412 g/mol. The van der Waals surface area contributed by atoms with Gasteiger partial charge in [0.15, 0.2) is 9.84 Å². The number of nitrogens with one attached hydrogen (secondary N) is 1. The van der Waals surface area contributed by atoms with Crippen molar-refractivity contribution in [1.29, 1.82) is 0 Å². The highest BCUT2D eigenvalue weighted by Gasteiger charge is 2.32. The SMILES string of the molecule is O=C(Nc1cccc(Oc2ccccc2)c1)[C@@H](c1ccccc1)N1CCS(=O)(=O)CC1. The molecule has 0 spiro atoms. The molecule has 0 unspecified atom stereocenters. The van der Waals surface area contributed by atoms with E-state index in [1.54, 1.807) is 12.1 Å². The molecule has 3 aromatic rings. The van der Waals surface area contributed by atoms with Crippen molar-refractivity contribution in [2.75, 3.05) is 29.9 Å². The minimum absolute atomic E-state index is 0.0595. The van der Waals surface area contributed by atoms with Crippen molar-refractivity contribution < 1.29 is 17.9 Å². The van der Waals surface area contributed by atoms with Gasteiger partial charge in [-0.05, 0) is 29.8 Å². The van der Waals surface area contributed by atoms with Gasteiger partial charge in [0.2, 0.25) is 5.91 Å². The maximum atomic E-state index is 13.3. The first-order valence-corrected chi connectivity index (χ1v) is 12.0. The van der Waals surface area contributed by atoms with Crippen molar-refractivity contribution in [3.05, 3.63) is 90.5 Å². The van der Waals surface area contributed by atoms with E-state index >= 15 is 0 Å². The second kappa shape index (κ2) is 9.32. The van der Waals surface area contributed by atoms with Gasteiger partial charge in [-0.15, -0.1) is 0 Å². The molecule has 160 valence electrons. The lowest BCUT2D eigenvalue weighted by Crippen LogP contribution is -2.46. The van der Waals surface area contributed by atoms with Crippen molar-refractivity contribution in [3.63, 3.8) is 0 Å². The summed E-state index contributed by atoms with van der Waals surface area (Å²) in [7, 11) is -3.04. The molecule has 1 heterocycles. The maximum absolute atomic E-state index is 13.3. The summed E-state index contributed by atoms with van der Waals surface area (Å²) >= 11 is 0. The van der Waals surface area contributed by atoms with E-state index in [9.17, 15) is 13.2 Å².